The summed E-state index contributed by atoms with van der Waals surface area (Å²) in [5.74, 6) is 1.31. The summed E-state index contributed by atoms with van der Waals surface area (Å²) < 4.78 is 2.22. The first-order valence-corrected chi connectivity index (χ1v) is 9.92. The van der Waals surface area contributed by atoms with Gasteiger partial charge in [0.25, 0.3) is 0 Å². The highest BCUT2D eigenvalue weighted by Gasteiger charge is 2.28. The topological polar surface area (TPSA) is 97.3 Å². The number of nitrogens with one attached hydrogen (secondary N) is 2. The monoisotopic (exact) mass is 398 g/mol. The van der Waals surface area contributed by atoms with Crippen molar-refractivity contribution in [1.29, 1.82) is 0 Å². The second kappa shape index (κ2) is 7.18. The summed E-state index contributed by atoms with van der Waals surface area (Å²) in [6, 6.07) is 10.1. The van der Waals surface area contributed by atoms with Crippen molar-refractivity contribution in [1.82, 2.24) is 14.9 Å². The lowest BCUT2D eigenvalue weighted by Crippen LogP contribution is -2.32. The smallest absolute Gasteiger partial charge is 0.243 e. The minimum Gasteiger partial charge on any atom is -0.383 e. The van der Waals surface area contributed by atoms with Crippen LogP contribution in [0.15, 0.2) is 60.3 Å². The summed E-state index contributed by atoms with van der Waals surface area (Å²) in [6.45, 7) is 4.71. The average Bonchev–Trinajstić information content (AvgIpc) is 2.95. The molecule has 2 aliphatic rings. The Labute approximate surface area is 174 Å². The molecule has 5 rings (SSSR count). The SMILES string of the molecule is C=CC(=O)N[C@H]1C=Cc2c(-c3cnc4ccccc4c3)c3c(n2CC1)NCN=C3N. The maximum Gasteiger partial charge on any atom is 0.243 e. The zero-order valence-electron chi connectivity index (χ0n) is 16.4. The molecular weight excluding hydrogens is 376 g/mol. The van der Waals surface area contributed by atoms with Crippen molar-refractivity contribution in [3.05, 3.63) is 66.5 Å². The van der Waals surface area contributed by atoms with Gasteiger partial charge in [-0.3, -0.25) is 9.78 Å². The van der Waals surface area contributed by atoms with E-state index in [0.29, 0.717) is 12.5 Å². The molecule has 1 amide bonds. The molecule has 0 spiro atoms. The molecule has 0 unspecified atom stereocenters. The number of amides is 1. The minimum atomic E-state index is -0.174. The Hall–Kier alpha value is -3.87. The van der Waals surface area contributed by atoms with Crippen LogP contribution in [0.1, 0.15) is 17.7 Å². The lowest BCUT2D eigenvalue weighted by Gasteiger charge is -2.18. The Morgan fingerprint density at radius 1 is 1.33 bits per heavy atom. The van der Waals surface area contributed by atoms with E-state index < -0.39 is 0 Å². The van der Waals surface area contributed by atoms with Gasteiger partial charge in [0.2, 0.25) is 5.91 Å². The van der Waals surface area contributed by atoms with E-state index >= 15 is 0 Å². The summed E-state index contributed by atoms with van der Waals surface area (Å²) >= 11 is 0. The molecule has 0 aliphatic carbocycles. The van der Waals surface area contributed by atoms with Crippen LogP contribution < -0.4 is 16.4 Å². The third-order valence-electron chi connectivity index (χ3n) is 5.60. The van der Waals surface area contributed by atoms with Crippen molar-refractivity contribution < 1.29 is 4.79 Å². The van der Waals surface area contributed by atoms with Gasteiger partial charge in [0.05, 0.1) is 16.8 Å². The Bertz CT molecular complexity index is 1240. The van der Waals surface area contributed by atoms with Gasteiger partial charge in [-0.1, -0.05) is 30.9 Å². The number of aromatic nitrogens is 2. The summed E-state index contributed by atoms with van der Waals surface area (Å²) in [4.78, 5) is 20.8. The maximum absolute atomic E-state index is 11.8. The fourth-order valence-corrected chi connectivity index (χ4v) is 4.19. The number of carbonyl (C=O) groups is 1. The predicted molar refractivity (Wildman–Crippen MR) is 120 cm³/mol. The van der Waals surface area contributed by atoms with Gasteiger partial charge in [0.15, 0.2) is 0 Å². The number of pyridine rings is 1. The third kappa shape index (κ3) is 2.95. The highest BCUT2D eigenvalue weighted by Crippen LogP contribution is 2.39. The van der Waals surface area contributed by atoms with Gasteiger partial charge in [-0.2, -0.15) is 0 Å². The van der Waals surface area contributed by atoms with Crippen LogP contribution in [-0.4, -0.2) is 34.0 Å². The normalized spacial score (nSPS) is 17.3. The number of benzene rings is 1. The van der Waals surface area contributed by atoms with E-state index in [1.807, 2.05) is 30.5 Å². The molecule has 150 valence electrons. The molecule has 1 aromatic carbocycles. The molecule has 2 aromatic heterocycles. The maximum atomic E-state index is 11.8. The molecule has 7 nitrogen and oxygen atoms in total. The van der Waals surface area contributed by atoms with Gasteiger partial charge >= 0.3 is 0 Å². The number of carbonyl (C=O) groups excluding carboxylic acids is 1. The van der Waals surface area contributed by atoms with E-state index in [4.69, 9.17) is 5.73 Å². The molecule has 0 bridgehead atoms. The van der Waals surface area contributed by atoms with Crippen LogP contribution in [0, 0.1) is 0 Å². The van der Waals surface area contributed by atoms with Gasteiger partial charge in [-0.25, -0.2) is 4.99 Å². The van der Waals surface area contributed by atoms with Crippen LogP contribution in [0.2, 0.25) is 0 Å². The van der Waals surface area contributed by atoms with E-state index in [-0.39, 0.29) is 11.9 Å². The first-order valence-electron chi connectivity index (χ1n) is 9.92. The van der Waals surface area contributed by atoms with E-state index in [0.717, 1.165) is 52.1 Å². The van der Waals surface area contributed by atoms with Gasteiger partial charge in [0.1, 0.15) is 18.3 Å². The Morgan fingerprint density at radius 2 is 2.20 bits per heavy atom. The minimum absolute atomic E-state index is 0.0665. The molecule has 0 fully saturated rings. The highest BCUT2D eigenvalue weighted by atomic mass is 16.1. The summed E-state index contributed by atoms with van der Waals surface area (Å²) in [6.07, 6.45) is 8.02. The number of amidine groups is 1. The molecule has 2 aliphatic heterocycles. The number of fused-ring (bicyclic) bond motifs is 4. The van der Waals surface area contributed by atoms with Crippen molar-refractivity contribution in [2.75, 3.05) is 12.0 Å². The number of para-hydroxylation sites is 1. The third-order valence-corrected chi connectivity index (χ3v) is 5.60. The van der Waals surface area contributed by atoms with Gasteiger partial charge in [-0.05, 0) is 30.7 Å². The van der Waals surface area contributed by atoms with Crippen LogP contribution in [0.5, 0.6) is 0 Å². The van der Waals surface area contributed by atoms with Crippen molar-refractivity contribution in [3.63, 3.8) is 0 Å². The average molecular weight is 398 g/mol. The largest absolute Gasteiger partial charge is 0.383 e. The number of hydrogen-bond acceptors (Lipinski definition) is 5. The second-order valence-corrected chi connectivity index (χ2v) is 7.40. The van der Waals surface area contributed by atoms with Gasteiger partial charge in [-0.15, -0.1) is 0 Å². The van der Waals surface area contributed by atoms with E-state index in [9.17, 15) is 4.79 Å². The van der Waals surface area contributed by atoms with Crippen molar-refractivity contribution in [2.45, 2.75) is 19.0 Å². The molecule has 4 heterocycles. The zero-order chi connectivity index (χ0) is 20.7. The van der Waals surface area contributed by atoms with Crippen molar-refractivity contribution >= 4 is 34.5 Å². The van der Waals surface area contributed by atoms with E-state index in [1.54, 1.807) is 0 Å². The van der Waals surface area contributed by atoms with Crippen LogP contribution in [-0.2, 0) is 11.3 Å². The molecule has 7 heteroatoms. The van der Waals surface area contributed by atoms with Crippen LogP contribution in [0.4, 0.5) is 5.82 Å². The molecule has 0 radical (unpaired) electrons. The highest BCUT2D eigenvalue weighted by molar-refractivity contribution is 6.11. The van der Waals surface area contributed by atoms with Crippen molar-refractivity contribution in [3.8, 4) is 11.1 Å². The number of hydrogen-bond donors (Lipinski definition) is 3. The second-order valence-electron chi connectivity index (χ2n) is 7.40. The first-order chi connectivity index (χ1) is 14.7. The van der Waals surface area contributed by atoms with Crippen LogP contribution in [0.25, 0.3) is 28.1 Å². The molecule has 1 atom stereocenters. The van der Waals surface area contributed by atoms with E-state index in [2.05, 4.69) is 50.0 Å². The molecule has 30 heavy (non-hydrogen) atoms. The van der Waals surface area contributed by atoms with E-state index in [1.165, 1.54) is 6.08 Å². The number of anilines is 1. The Balaban J connectivity index is 1.68. The lowest BCUT2D eigenvalue weighted by atomic mass is 9.99. The molecule has 0 saturated carbocycles. The lowest BCUT2D eigenvalue weighted by molar-refractivity contribution is -0.116. The van der Waals surface area contributed by atoms with Crippen molar-refractivity contribution in [2.24, 2.45) is 10.7 Å². The predicted octanol–water partition coefficient (Wildman–Crippen LogP) is 2.88. The fourth-order valence-electron chi connectivity index (χ4n) is 4.19. The van der Waals surface area contributed by atoms with Crippen LogP contribution >= 0.6 is 0 Å². The van der Waals surface area contributed by atoms with Gasteiger partial charge < -0.3 is 20.9 Å². The zero-order valence-corrected chi connectivity index (χ0v) is 16.4. The quantitative estimate of drug-likeness (QED) is 0.591. The summed E-state index contributed by atoms with van der Waals surface area (Å²) in [5.41, 5.74) is 11.2. The first kappa shape index (κ1) is 18.2. The molecule has 0 saturated heterocycles. The van der Waals surface area contributed by atoms with Crippen LogP contribution in [0.3, 0.4) is 0 Å². The number of nitrogens with zero attached hydrogens (tertiary/aromatic N) is 3. The Kier molecular flexibility index (Phi) is 4.35. The fraction of sp³-hybridized carbons (Fsp3) is 0.174. The standard InChI is InChI=1S/C23H22N6O/c1-2-19(30)28-16-7-8-18-20(15-11-14-5-3-4-6-17(14)25-12-15)21-22(24)26-13-27-23(21)29(18)10-9-16/h2-8,11-12,16,27H,1,9-10,13H2,(H2,24,26)(H,28,30)/t16-/m0/s1. The number of nitrogens with two attached hydrogens (primary N) is 1. The molecule has 3 aromatic rings. The summed E-state index contributed by atoms with van der Waals surface area (Å²) in [7, 11) is 0. The molecule has 4 N–H and O–H groups in total. The summed E-state index contributed by atoms with van der Waals surface area (Å²) in [5, 5.41) is 7.41. The Morgan fingerprint density at radius 3 is 3.07 bits per heavy atom. The molecular formula is C23H22N6O. The van der Waals surface area contributed by atoms with Gasteiger partial charge in [0, 0.05) is 35.3 Å². The number of rotatable bonds is 3. The number of aliphatic imine (C=N–C) groups is 1.